The van der Waals surface area contributed by atoms with E-state index in [-0.39, 0.29) is 12.0 Å². The second kappa shape index (κ2) is 4.80. The van der Waals surface area contributed by atoms with E-state index in [4.69, 9.17) is 9.47 Å². The average Bonchev–Trinajstić information content (AvgIpc) is 2.05. The molecule has 1 heterocycles. The van der Waals surface area contributed by atoms with Crippen LogP contribution in [0.1, 0.15) is 13.3 Å². The molecule has 0 aromatic carbocycles. The monoisotopic (exact) mass is 174 g/mol. The number of aliphatic hydroxyl groups is 1. The molecule has 1 fully saturated rings. The number of aliphatic hydroxyl groups excluding tert-OH is 1. The van der Waals surface area contributed by atoms with E-state index in [9.17, 15) is 5.11 Å². The van der Waals surface area contributed by atoms with Crippen LogP contribution < -0.4 is 0 Å². The highest BCUT2D eigenvalue weighted by Gasteiger charge is 2.28. The van der Waals surface area contributed by atoms with Gasteiger partial charge in [0.25, 0.3) is 0 Å². The maximum Gasteiger partial charge on any atom is 0.0615 e. The number of methoxy groups -OCH3 is 1. The van der Waals surface area contributed by atoms with Crippen LogP contribution in [0.3, 0.4) is 0 Å². The van der Waals surface area contributed by atoms with E-state index < -0.39 is 0 Å². The first kappa shape index (κ1) is 9.96. The minimum absolute atomic E-state index is 0.205. The van der Waals surface area contributed by atoms with Gasteiger partial charge in [0, 0.05) is 26.2 Å². The largest absolute Gasteiger partial charge is 0.393 e. The van der Waals surface area contributed by atoms with Gasteiger partial charge in [-0.05, 0) is 12.3 Å². The van der Waals surface area contributed by atoms with E-state index in [1.54, 1.807) is 7.11 Å². The molecule has 3 heteroatoms. The van der Waals surface area contributed by atoms with Crippen molar-refractivity contribution in [2.75, 3.05) is 26.9 Å². The van der Waals surface area contributed by atoms with Gasteiger partial charge in [-0.2, -0.15) is 0 Å². The molecule has 0 saturated carbocycles. The fourth-order valence-electron chi connectivity index (χ4n) is 1.68. The van der Waals surface area contributed by atoms with E-state index in [1.165, 1.54) is 0 Å². The SMILES string of the molecule is COCC(C)C1COCCC1O. The molecule has 1 saturated heterocycles. The number of rotatable bonds is 3. The second-order valence-electron chi connectivity index (χ2n) is 3.53. The summed E-state index contributed by atoms with van der Waals surface area (Å²) in [5.74, 6) is 0.629. The van der Waals surface area contributed by atoms with Crippen LogP contribution in [0.15, 0.2) is 0 Å². The molecule has 12 heavy (non-hydrogen) atoms. The Bertz CT molecular complexity index is 127. The van der Waals surface area contributed by atoms with Gasteiger partial charge in [-0.1, -0.05) is 6.92 Å². The molecule has 3 nitrogen and oxygen atoms in total. The van der Waals surface area contributed by atoms with Gasteiger partial charge >= 0.3 is 0 Å². The molecule has 0 amide bonds. The zero-order valence-electron chi connectivity index (χ0n) is 7.82. The number of hydrogen-bond acceptors (Lipinski definition) is 3. The summed E-state index contributed by atoms with van der Waals surface area (Å²) in [5, 5.41) is 9.63. The first-order valence-corrected chi connectivity index (χ1v) is 4.50. The topological polar surface area (TPSA) is 38.7 Å². The molecule has 0 aliphatic carbocycles. The van der Waals surface area contributed by atoms with Crippen molar-refractivity contribution in [3.63, 3.8) is 0 Å². The summed E-state index contributed by atoms with van der Waals surface area (Å²) in [6.45, 7) is 4.15. The van der Waals surface area contributed by atoms with Crippen LogP contribution in [-0.4, -0.2) is 38.1 Å². The van der Waals surface area contributed by atoms with Crippen LogP contribution >= 0.6 is 0 Å². The van der Waals surface area contributed by atoms with Crippen molar-refractivity contribution in [2.45, 2.75) is 19.4 Å². The van der Waals surface area contributed by atoms with Crippen molar-refractivity contribution in [1.82, 2.24) is 0 Å². The van der Waals surface area contributed by atoms with Crippen LogP contribution in [0.25, 0.3) is 0 Å². The third-order valence-corrected chi connectivity index (χ3v) is 2.52. The smallest absolute Gasteiger partial charge is 0.0615 e. The minimum atomic E-state index is -0.205. The van der Waals surface area contributed by atoms with Gasteiger partial charge in [0.15, 0.2) is 0 Å². The second-order valence-corrected chi connectivity index (χ2v) is 3.53. The lowest BCUT2D eigenvalue weighted by Crippen LogP contribution is -2.37. The van der Waals surface area contributed by atoms with Crippen molar-refractivity contribution >= 4 is 0 Å². The quantitative estimate of drug-likeness (QED) is 0.683. The molecular formula is C9H18O3. The van der Waals surface area contributed by atoms with Gasteiger partial charge < -0.3 is 14.6 Å². The molecule has 0 spiro atoms. The van der Waals surface area contributed by atoms with Crippen molar-refractivity contribution in [1.29, 1.82) is 0 Å². The number of hydrogen-bond donors (Lipinski definition) is 1. The van der Waals surface area contributed by atoms with Crippen LogP contribution in [0.2, 0.25) is 0 Å². The Labute approximate surface area is 73.7 Å². The highest BCUT2D eigenvalue weighted by Crippen LogP contribution is 2.22. The summed E-state index contributed by atoms with van der Waals surface area (Å²) in [4.78, 5) is 0. The first-order chi connectivity index (χ1) is 5.75. The van der Waals surface area contributed by atoms with Crippen molar-refractivity contribution in [2.24, 2.45) is 11.8 Å². The van der Waals surface area contributed by atoms with Gasteiger partial charge in [-0.15, -0.1) is 0 Å². The molecule has 1 N–H and O–H groups in total. The molecule has 0 bridgehead atoms. The Morgan fingerprint density at radius 1 is 1.67 bits per heavy atom. The fourth-order valence-corrected chi connectivity index (χ4v) is 1.68. The van der Waals surface area contributed by atoms with Gasteiger partial charge in [0.1, 0.15) is 0 Å². The molecule has 0 aromatic rings. The standard InChI is InChI=1S/C9H18O3/c1-7(5-11-2)8-6-12-4-3-9(8)10/h7-10H,3-6H2,1-2H3. The minimum Gasteiger partial charge on any atom is -0.393 e. The molecule has 3 atom stereocenters. The van der Waals surface area contributed by atoms with Crippen LogP contribution in [-0.2, 0) is 9.47 Å². The van der Waals surface area contributed by atoms with E-state index >= 15 is 0 Å². The summed E-state index contributed by atoms with van der Waals surface area (Å²) < 4.78 is 10.3. The van der Waals surface area contributed by atoms with E-state index in [0.717, 1.165) is 6.42 Å². The Kier molecular flexibility index (Phi) is 3.98. The Hall–Kier alpha value is -0.120. The lowest BCUT2D eigenvalue weighted by molar-refractivity contribution is -0.0653. The molecular weight excluding hydrogens is 156 g/mol. The van der Waals surface area contributed by atoms with Crippen molar-refractivity contribution in [3.05, 3.63) is 0 Å². The normalized spacial score (nSPS) is 33.2. The third kappa shape index (κ3) is 2.44. The zero-order chi connectivity index (χ0) is 8.97. The first-order valence-electron chi connectivity index (χ1n) is 4.50. The average molecular weight is 174 g/mol. The molecule has 0 radical (unpaired) electrons. The fraction of sp³-hybridized carbons (Fsp3) is 1.00. The van der Waals surface area contributed by atoms with Gasteiger partial charge in [-0.3, -0.25) is 0 Å². The van der Waals surface area contributed by atoms with E-state index in [2.05, 4.69) is 6.92 Å². The maximum atomic E-state index is 9.63. The van der Waals surface area contributed by atoms with Gasteiger partial charge in [-0.25, -0.2) is 0 Å². The molecule has 1 rings (SSSR count). The molecule has 72 valence electrons. The predicted molar refractivity (Wildman–Crippen MR) is 46.0 cm³/mol. The lowest BCUT2D eigenvalue weighted by Gasteiger charge is -2.31. The summed E-state index contributed by atoms with van der Waals surface area (Å²) in [7, 11) is 1.69. The van der Waals surface area contributed by atoms with Gasteiger partial charge in [0.2, 0.25) is 0 Å². The van der Waals surface area contributed by atoms with Crippen molar-refractivity contribution < 1.29 is 14.6 Å². The van der Waals surface area contributed by atoms with Crippen molar-refractivity contribution in [3.8, 4) is 0 Å². The van der Waals surface area contributed by atoms with Gasteiger partial charge in [0.05, 0.1) is 12.7 Å². The molecule has 0 aromatic heterocycles. The highest BCUT2D eigenvalue weighted by molar-refractivity contribution is 4.76. The molecule has 3 unspecified atom stereocenters. The summed E-state index contributed by atoms with van der Waals surface area (Å²) in [5.41, 5.74) is 0. The number of ether oxygens (including phenoxy) is 2. The summed E-state index contributed by atoms with van der Waals surface area (Å²) >= 11 is 0. The lowest BCUT2D eigenvalue weighted by atomic mass is 9.87. The van der Waals surface area contributed by atoms with E-state index in [0.29, 0.717) is 25.7 Å². The third-order valence-electron chi connectivity index (χ3n) is 2.52. The maximum absolute atomic E-state index is 9.63. The summed E-state index contributed by atoms with van der Waals surface area (Å²) in [6, 6.07) is 0. The van der Waals surface area contributed by atoms with E-state index in [1.807, 2.05) is 0 Å². The Balaban J connectivity index is 2.36. The van der Waals surface area contributed by atoms with Crippen LogP contribution in [0, 0.1) is 11.8 Å². The predicted octanol–water partition coefficient (Wildman–Crippen LogP) is 0.666. The van der Waals surface area contributed by atoms with Crippen LogP contribution in [0.4, 0.5) is 0 Å². The highest BCUT2D eigenvalue weighted by atomic mass is 16.5. The zero-order valence-corrected chi connectivity index (χ0v) is 7.82. The molecule has 1 aliphatic rings. The summed E-state index contributed by atoms with van der Waals surface area (Å²) in [6.07, 6.45) is 0.558. The Morgan fingerprint density at radius 3 is 3.00 bits per heavy atom. The van der Waals surface area contributed by atoms with Crippen LogP contribution in [0.5, 0.6) is 0 Å². The Morgan fingerprint density at radius 2 is 2.42 bits per heavy atom. The molecule has 1 aliphatic heterocycles.